The van der Waals surface area contributed by atoms with Crippen LogP contribution in [0.2, 0.25) is 0 Å². The fourth-order valence-electron chi connectivity index (χ4n) is 9.12. The lowest BCUT2D eigenvalue weighted by Crippen LogP contribution is -2.15. The number of rotatable bonds is 3. The van der Waals surface area contributed by atoms with E-state index < -0.39 is 0 Å². The Kier molecular flexibility index (Phi) is 6.68. The predicted molar refractivity (Wildman–Crippen MR) is 220 cm³/mol. The molecule has 0 atom stereocenters. The topological polar surface area (TPSA) is 66.2 Å². The van der Waals surface area contributed by atoms with Crippen LogP contribution in [0.4, 0.5) is 11.4 Å². The van der Waals surface area contributed by atoms with Gasteiger partial charge in [-0.1, -0.05) is 98.8 Å². The molecular weight excluding hydrogens is 673 g/mol. The first-order chi connectivity index (χ1) is 26.9. The van der Waals surface area contributed by atoms with Crippen LogP contribution in [-0.4, -0.2) is 9.13 Å². The van der Waals surface area contributed by atoms with Crippen molar-refractivity contribution in [1.29, 1.82) is 10.5 Å². The van der Waals surface area contributed by atoms with Crippen molar-refractivity contribution in [3.8, 4) is 45.8 Å². The van der Waals surface area contributed by atoms with Gasteiger partial charge >= 0.3 is 0 Å². The molecule has 0 saturated heterocycles. The number of para-hydroxylation sites is 3. The van der Waals surface area contributed by atoms with Gasteiger partial charge in [0.15, 0.2) is 5.69 Å². The van der Waals surface area contributed by atoms with Crippen LogP contribution in [0.3, 0.4) is 0 Å². The van der Waals surface area contributed by atoms with Gasteiger partial charge in [0.05, 0.1) is 64.3 Å². The molecular formula is C49H28N6. The van der Waals surface area contributed by atoms with Crippen LogP contribution in [0.15, 0.2) is 133 Å². The monoisotopic (exact) mass is 700 g/mol. The predicted octanol–water partition coefficient (Wildman–Crippen LogP) is 12.7. The third-order valence-electron chi connectivity index (χ3n) is 11.4. The average Bonchev–Trinajstić information content (AvgIpc) is 3.82. The van der Waals surface area contributed by atoms with Crippen LogP contribution in [0.5, 0.6) is 0 Å². The van der Waals surface area contributed by atoms with Crippen molar-refractivity contribution in [2.75, 3.05) is 0 Å². The summed E-state index contributed by atoms with van der Waals surface area (Å²) in [4.78, 5) is 7.96. The molecule has 0 amide bonds. The number of aromatic nitrogens is 2. The Bertz CT molecular complexity index is 3290. The molecule has 0 N–H and O–H groups in total. The molecule has 1 aliphatic rings. The van der Waals surface area contributed by atoms with Crippen molar-refractivity contribution in [3.05, 3.63) is 179 Å². The molecule has 2 aromatic heterocycles. The third kappa shape index (κ3) is 4.26. The second kappa shape index (κ2) is 11.6. The van der Waals surface area contributed by atoms with E-state index in [-0.39, 0.29) is 16.8 Å². The first kappa shape index (κ1) is 31.8. The van der Waals surface area contributed by atoms with Crippen molar-refractivity contribution < 1.29 is 0 Å². The van der Waals surface area contributed by atoms with Gasteiger partial charge in [0.2, 0.25) is 5.69 Å². The summed E-state index contributed by atoms with van der Waals surface area (Å²) in [5.41, 5.74) is 11.9. The van der Waals surface area contributed by atoms with Gasteiger partial charge in [-0.2, -0.15) is 10.5 Å². The zero-order chi connectivity index (χ0) is 37.6. The number of fused-ring (bicyclic) bond motifs is 10. The zero-order valence-corrected chi connectivity index (χ0v) is 29.9. The summed E-state index contributed by atoms with van der Waals surface area (Å²) in [6.07, 6.45) is 0. The summed E-state index contributed by atoms with van der Waals surface area (Å²) in [6.45, 7) is 21.3. The summed E-state index contributed by atoms with van der Waals surface area (Å²) in [5, 5.41) is 25.3. The van der Waals surface area contributed by atoms with E-state index in [1.54, 1.807) is 18.2 Å². The number of nitriles is 2. The lowest BCUT2D eigenvalue weighted by atomic mass is 9.80. The van der Waals surface area contributed by atoms with Crippen LogP contribution in [-0.2, 0) is 5.41 Å². The first-order valence-corrected chi connectivity index (χ1v) is 18.0. The molecule has 254 valence electrons. The Morgan fingerprint density at radius 2 is 1.16 bits per heavy atom. The van der Waals surface area contributed by atoms with Gasteiger partial charge in [-0.15, -0.1) is 0 Å². The van der Waals surface area contributed by atoms with E-state index in [1.165, 1.54) is 22.3 Å². The maximum atomic E-state index is 10.8. The fraction of sp³-hybridized carbons (Fsp3) is 0.0612. The highest BCUT2D eigenvalue weighted by Gasteiger charge is 2.38. The second-order valence-corrected chi connectivity index (χ2v) is 14.5. The standard InChI is InChI=1S/C49H28N6/c1-49(2)38-17-9-5-13-31(38)34-21-22-44-46(47(34)49)35-16-8-12-20-43(35)54(44)45-26-36(39(52-3)25-30(45)28-51)37-23-29(27-50)24-40(53-4)48(37)55-41-18-10-6-14-32(41)33-15-7-11-19-42(33)55/h5-26H,1-2H3. The van der Waals surface area contributed by atoms with Crippen LogP contribution < -0.4 is 0 Å². The van der Waals surface area contributed by atoms with E-state index in [9.17, 15) is 10.5 Å². The molecule has 2 heterocycles. The van der Waals surface area contributed by atoms with Gasteiger partial charge in [-0.25, -0.2) is 9.69 Å². The molecule has 1 aliphatic carbocycles. The van der Waals surface area contributed by atoms with Crippen molar-refractivity contribution in [3.63, 3.8) is 0 Å². The average molecular weight is 701 g/mol. The van der Waals surface area contributed by atoms with E-state index >= 15 is 0 Å². The third-order valence-corrected chi connectivity index (χ3v) is 11.4. The van der Waals surface area contributed by atoms with Gasteiger partial charge in [0, 0.05) is 32.5 Å². The highest BCUT2D eigenvalue weighted by atomic mass is 15.0. The molecule has 0 spiro atoms. The van der Waals surface area contributed by atoms with Crippen molar-refractivity contribution in [2.24, 2.45) is 0 Å². The molecule has 55 heavy (non-hydrogen) atoms. The highest BCUT2D eigenvalue weighted by molar-refractivity contribution is 6.15. The molecule has 6 heteroatoms. The summed E-state index contributed by atoms with van der Waals surface area (Å²) in [6, 6.07) is 49.0. The normalized spacial score (nSPS) is 12.6. The van der Waals surface area contributed by atoms with Crippen molar-refractivity contribution in [1.82, 2.24) is 9.13 Å². The van der Waals surface area contributed by atoms with E-state index in [0.717, 1.165) is 43.6 Å². The zero-order valence-electron chi connectivity index (χ0n) is 29.9. The Morgan fingerprint density at radius 3 is 1.82 bits per heavy atom. The maximum absolute atomic E-state index is 10.8. The Morgan fingerprint density at radius 1 is 0.545 bits per heavy atom. The SMILES string of the molecule is [C-]#[N+]c1cc(C#N)c(-n2c3ccccc3c3c4c(ccc32)-c2ccccc2C4(C)C)cc1-c1cc(C#N)cc([N+]#[C-])c1-n1c2ccccc2c2ccccc21. The molecule has 0 radical (unpaired) electrons. The van der Waals surface area contributed by atoms with Crippen LogP contribution in [0, 0.1) is 35.8 Å². The van der Waals surface area contributed by atoms with Crippen LogP contribution in [0.25, 0.3) is 86.9 Å². The van der Waals surface area contributed by atoms with Crippen molar-refractivity contribution >= 4 is 55.0 Å². The molecule has 6 nitrogen and oxygen atoms in total. The molecule has 10 rings (SSSR count). The van der Waals surface area contributed by atoms with E-state index in [4.69, 9.17) is 13.1 Å². The Hall–Kier alpha value is -7.90. The fourth-order valence-corrected chi connectivity index (χ4v) is 9.12. The van der Waals surface area contributed by atoms with Gasteiger partial charge in [-0.05, 0) is 81.9 Å². The smallest absolute Gasteiger partial charge is 0.212 e. The molecule has 0 bridgehead atoms. The van der Waals surface area contributed by atoms with Gasteiger partial charge in [-0.3, -0.25) is 0 Å². The van der Waals surface area contributed by atoms with E-state index in [1.807, 2.05) is 48.5 Å². The first-order valence-electron chi connectivity index (χ1n) is 18.0. The molecule has 0 aliphatic heterocycles. The minimum Gasteiger partial charge on any atom is -0.318 e. The molecule has 7 aromatic carbocycles. The lowest BCUT2D eigenvalue weighted by Gasteiger charge is -2.22. The maximum Gasteiger partial charge on any atom is 0.212 e. The molecule has 0 saturated carbocycles. The number of nitrogens with zero attached hydrogens (tertiary/aromatic N) is 6. The minimum atomic E-state index is -0.275. The number of hydrogen-bond donors (Lipinski definition) is 0. The number of hydrogen-bond acceptors (Lipinski definition) is 2. The van der Waals surface area contributed by atoms with Gasteiger partial charge in [0.1, 0.15) is 0 Å². The minimum absolute atomic E-state index is 0.256. The van der Waals surface area contributed by atoms with E-state index in [2.05, 4.69) is 112 Å². The molecule has 0 fully saturated rings. The largest absolute Gasteiger partial charge is 0.318 e. The Labute approximate surface area is 317 Å². The quantitative estimate of drug-likeness (QED) is 0.172. The summed E-state index contributed by atoms with van der Waals surface area (Å²) in [7, 11) is 0. The Balaban J connectivity index is 1.33. The van der Waals surface area contributed by atoms with Gasteiger partial charge in [0.25, 0.3) is 0 Å². The van der Waals surface area contributed by atoms with E-state index in [0.29, 0.717) is 33.6 Å². The molecule has 0 unspecified atom stereocenters. The van der Waals surface area contributed by atoms with Crippen LogP contribution in [0.1, 0.15) is 36.1 Å². The second-order valence-electron chi connectivity index (χ2n) is 14.5. The summed E-state index contributed by atoms with van der Waals surface area (Å²) in [5.74, 6) is 0. The van der Waals surface area contributed by atoms with Gasteiger partial charge < -0.3 is 9.13 Å². The highest BCUT2D eigenvalue weighted by Crippen LogP contribution is 2.54. The number of benzene rings is 7. The van der Waals surface area contributed by atoms with Crippen LogP contribution >= 0.6 is 0 Å². The summed E-state index contributed by atoms with van der Waals surface area (Å²) < 4.78 is 4.22. The lowest BCUT2D eigenvalue weighted by molar-refractivity contribution is 0.666. The summed E-state index contributed by atoms with van der Waals surface area (Å²) >= 11 is 0. The molecule has 9 aromatic rings. The van der Waals surface area contributed by atoms with Crippen molar-refractivity contribution in [2.45, 2.75) is 19.3 Å².